The number of hydrogen-bond donors (Lipinski definition) is 1. The number of fused-ring (bicyclic) bond motifs is 1. The third kappa shape index (κ3) is 3.11. The Labute approximate surface area is 159 Å². The monoisotopic (exact) mass is 368 g/mol. The predicted octanol–water partition coefficient (Wildman–Crippen LogP) is 2.82. The molecule has 2 saturated heterocycles. The maximum absolute atomic E-state index is 13.4. The number of carbonyl (C=O) groups excluding carboxylic acids is 2. The van der Waals surface area contributed by atoms with E-state index < -0.39 is 0 Å². The molecule has 144 valence electrons. The van der Waals surface area contributed by atoms with Gasteiger partial charge in [-0.2, -0.15) is 0 Å². The Morgan fingerprint density at radius 2 is 1.96 bits per heavy atom. The van der Waals surface area contributed by atoms with Crippen LogP contribution in [-0.4, -0.2) is 44.9 Å². The first-order valence-electron chi connectivity index (χ1n) is 10.1. The second kappa shape index (κ2) is 6.98. The van der Waals surface area contributed by atoms with Gasteiger partial charge in [-0.25, -0.2) is 4.98 Å². The molecule has 1 atom stereocenters. The molecule has 3 heterocycles. The van der Waals surface area contributed by atoms with Gasteiger partial charge in [0.05, 0.1) is 11.0 Å². The second-order valence-corrected chi connectivity index (χ2v) is 7.82. The zero-order valence-corrected chi connectivity index (χ0v) is 16.2. The molecule has 1 N–H and O–H groups in total. The lowest BCUT2D eigenvalue weighted by Gasteiger charge is -2.40. The van der Waals surface area contributed by atoms with Crippen molar-refractivity contribution in [2.24, 2.45) is 0 Å². The quantitative estimate of drug-likeness (QED) is 0.902. The van der Waals surface area contributed by atoms with Gasteiger partial charge in [0.25, 0.3) is 0 Å². The molecule has 6 heteroatoms. The number of amides is 2. The lowest BCUT2D eigenvalue weighted by atomic mass is 9.86. The Balaban J connectivity index is 1.57. The molecule has 2 amide bonds. The molecule has 2 aliphatic heterocycles. The number of nitrogens with zero attached hydrogens (tertiary/aromatic N) is 3. The summed E-state index contributed by atoms with van der Waals surface area (Å²) in [4.78, 5) is 31.8. The average Bonchev–Trinajstić information content (AvgIpc) is 3.24. The van der Waals surface area contributed by atoms with E-state index in [1.807, 2.05) is 23.1 Å². The van der Waals surface area contributed by atoms with Crippen molar-refractivity contribution in [3.8, 4) is 0 Å². The van der Waals surface area contributed by atoms with Crippen molar-refractivity contribution < 1.29 is 9.59 Å². The fourth-order valence-electron chi connectivity index (χ4n) is 4.67. The van der Waals surface area contributed by atoms with Gasteiger partial charge in [-0.15, -0.1) is 0 Å². The molecule has 27 heavy (non-hydrogen) atoms. The Morgan fingerprint density at radius 1 is 1.22 bits per heavy atom. The molecule has 0 saturated carbocycles. The molecule has 0 radical (unpaired) electrons. The van der Waals surface area contributed by atoms with Crippen molar-refractivity contribution in [3.63, 3.8) is 0 Å². The highest BCUT2D eigenvalue weighted by atomic mass is 16.2. The van der Waals surface area contributed by atoms with Crippen LogP contribution in [-0.2, 0) is 16.0 Å². The number of aryl methyl sites for hydroxylation is 1. The zero-order chi connectivity index (χ0) is 19.0. The summed E-state index contributed by atoms with van der Waals surface area (Å²) in [7, 11) is 0. The minimum atomic E-state index is -0.223. The summed E-state index contributed by atoms with van der Waals surface area (Å²) in [6.07, 6.45) is 4.76. The molecular formula is C21H28N4O2. The number of nitrogens with one attached hydrogen (secondary N) is 1. The van der Waals surface area contributed by atoms with Crippen LogP contribution in [0.5, 0.6) is 0 Å². The number of carbonyl (C=O) groups is 2. The van der Waals surface area contributed by atoms with Crippen molar-refractivity contribution >= 4 is 22.8 Å². The highest BCUT2D eigenvalue weighted by Crippen LogP contribution is 2.33. The van der Waals surface area contributed by atoms with Gasteiger partial charge in [-0.1, -0.05) is 26.0 Å². The number of rotatable bonds is 4. The van der Waals surface area contributed by atoms with Gasteiger partial charge in [0.2, 0.25) is 11.8 Å². The van der Waals surface area contributed by atoms with Crippen LogP contribution in [0.3, 0.4) is 0 Å². The molecule has 4 rings (SSSR count). The lowest BCUT2D eigenvalue weighted by molar-refractivity contribution is -0.136. The van der Waals surface area contributed by atoms with E-state index in [1.54, 1.807) is 0 Å². The zero-order valence-electron chi connectivity index (χ0n) is 16.2. The normalized spacial score (nSPS) is 20.2. The number of benzene rings is 1. The molecule has 1 spiro atoms. The molecule has 0 aliphatic carbocycles. The average molecular weight is 368 g/mol. The Kier molecular flexibility index (Phi) is 4.66. The van der Waals surface area contributed by atoms with Crippen molar-refractivity contribution in [2.45, 2.75) is 64.0 Å². The predicted molar refractivity (Wildman–Crippen MR) is 104 cm³/mol. The minimum absolute atomic E-state index is 0.0775. The van der Waals surface area contributed by atoms with Crippen LogP contribution < -0.4 is 5.32 Å². The van der Waals surface area contributed by atoms with Gasteiger partial charge in [0, 0.05) is 31.5 Å². The second-order valence-electron chi connectivity index (χ2n) is 7.82. The largest absolute Gasteiger partial charge is 0.351 e. The fourth-order valence-corrected chi connectivity index (χ4v) is 4.67. The van der Waals surface area contributed by atoms with Gasteiger partial charge >= 0.3 is 0 Å². The van der Waals surface area contributed by atoms with Gasteiger partial charge in [-0.05, 0) is 37.8 Å². The first-order valence-corrected chi connectivity index (χ1v) is 10.1. The van der Waals surface area contributed by atoms with Crippen LogP contribution in [0.25, 0.3) is 11.0 Å². The van der Waals surface area contributed by atoms with Crippen molar-refractivity contribution in [1.29, 1.82) is 0 Å². The number of piperidine rings is 1. The van der Waals surface area contributed by atoms with Gasteiger partial charge in [-0.3, -0.25) is 9.59 Å². The molecule has 1 aromatic carbocycles. The van der Waals surface area contributed by atoms with Crippen LogP contribution in [0, 0.1) is 0 Å². The summed E-state index contributed by atoms with van der Waals surface area (Å²) >= 11 is 0. The molecule has 1 aromatic heterocycles. The molecule has 2 aromatic rings. The molecule has 0 bridgehead atoms. The van der Waals surface area contributed by atoms with Crippen LogP contribution in [0.15, 0.2) is 24.3 Å². The van der Waals surface area contributed by atoms with Gasteiger partial charge < -0.3 is 14.8 Å². The van der Waals surface area contributed by atoms with Gasteiger partial charge in [0.15, 0.2) is 0 Å². The van der Waals surface area contributed by atoms with E-state index in [1.165, 1.54) is 0 Å². The topological polar surface area (TPSA) is 67.2 Å². The number of hydrogen-bond acceptors (Lipinski definition) is 3. The number of para-hydroxylation sites is 2. The van der Waals surface area contributed by atoms with Crippen LogP contribution in [0.1, 0.15) is 57.8 Å². The number of aromatic nitrogens is 2. The first kappa shape index (κ1) is 18.0. The molecular weight excluding hydrogens is 340 g/mol. The summed E-state index contributed by atoms with van der Waals surface area (Å²) in [5, 5.41) is 3.15. The minimum Gasteiger partial charge on any atom is -0.351 e. The van der Waals surface area contributed by atoms with Crippen LogP contribution >= 0.6 is 0 Å². The van der Waals surface area contributed by atoms with E-state index in [0.29, 0.717) is 19.5 Å². The molecule has 2 aliphatic rings. The maximum Gasteiger partial charge on any atom is 0.245 e. The molecule has 2 fully saturated rings. The third-order valence-electron chi connectivity index (χ3n) is 6.24. The van der Waals surface area contributed by atoms with Crippen LogP contribution in [0.2, 0.25) is 0 Å². The highest BCUT2D eigenvalue weighted by Gasteiger charge is 2.42. The number of imidazole rings is 1. The summed E-state index contributed by atoms with van der Waals surface area (Å²) in [5.74, 6) is 1.29. The standard InChI is InChI=1S/C21H28N4O2/c1-3-16(25-17-8-6-5-7-15(17)22-18(25)4-2)20(27)24-13-11-21(12-14-24)10-9-19(26)23-21/h5-8,16H,3-4,9-14H2,1-2H3,(H,23,26)/t16-/m1/s1. The first-order chi connectivity index (χ1) is 13.1. The summed E-state index contributed by atoms with van der Waals surface area (Å²) < 4.78 is 2.14. The van der Waals surface area contributed by atoms with Crippen LogP contribution in [0.4, 0.5) is 0 Å². The van der Waals surface area contributed by atoms with E-state index in [9.17, 15) is 9.59 Å². The molecule has 0 unspecified atom stereocenters. The summed E-state index contributed by atoms with van der Waals surface area (Å²) in [6.45, 7) is 5.58. The van der Waals surface area contributed by atoms with E-state index in [2.05, 4.69) is 29.8 Å². The lowest BCUT2D eigenvalue weighted by Crippen LogP contribution is -2.53. The summed E-state index contributed by atoms with van der Waals surface area (Å²) in [5.41, 5.74) is 1.91. The third-order valence-corrected chi connectivity index (χ3v) is 6.24. The van der Waals surface area contributed by atoms with E-state index in [0.717, 1.165) is 49.0 Å². The highest BCUT2D eigenvalue weighted by molar-refractivity contribution is 5.85. The van der Waals surface area contributed by atoms with Gasteiger partial charge in [0.1, 0.15) is 11.9 Å². The summed E-state index contributed by atoms with van der Waals surface area (Å²) in [6, 6.07) is 7.83. The Hall–Kier alpha value is -2.37. The SMILES string of the molecule is CCc1nc2ccccc2n1[C@H](CC)C(=O)N1CCC2(CCC(=O)N2)CC1. The molecule has 6 nitrogen and oxygen atoms in total. The van der Waals surface area contributed by atoms with Crippen molar-refractivity contribution in [2.75, 3.05) is 13.1 Å². The fraction of sp³-hybridized carbons (Fsp3) is 0.571. The van der Waals surface area contributed by atoms with E-state index in [4.69, 9.17) is 4.98 Å². The van der Waals surface area contributed by atoms with Crippen molar-refractivity contribution in [1.82, 2.24) is 19.8 Å². The van der Waals surface area contributed by atoms with E-state index >= 15 is 0 Å². The van der Waals surface area contributed by atoms with E-state index in [-0.39, 0.29) is 23.4 Å². The smallest absolute Gasteiger partial charge is 0.245 e. The van der Waals surface area contributed by atoms with Crippen molar-refractivity contribution in [3.05, 3.63) is 30.1 Å². The Morgan fingerprint density at radius 3 is 2.59 bits per heavy atom. The Bertz CT molecular complexity index is 864. The number of likely N-dealkylation sites (tertiary alicyclic amines) is 1. The maximum atomic E-state index is 13.4.